The number of benzene rings is 2. The Morgan fingerprint density at radius 2 is 1.73 bits per heavy atom. The summed E-state index contributed by atoms with van der Waals surface area (Å²) >= 11 is 0. The van der Waals surface area contributed by atoms with Crippen molar-refractivity contribution in [3.63, 3.8) is 0 Å². The summed E-state index contributed by atoms with van der Waals surface area (Å²) in [6.07, 6.45) is 1.83. The van der Waals surface area contributed by atoms with Gasteiger partial charge < -0.3 is 10.2 Å². The molecule has 4 aliphatic rings. The number of hydrogen-bond acceptors (Lipinski definition) is 3. The number of aryl methyl sites for hydroxylation is 2. The molecule has 6 rings (SSSR count). The first-order valence-corrected chi connectivity index (χ1v) is 10.7. The number of nitrogens with one attached hydrogen (secondary N) is 2. The summed E-state index contributed by atoms with van der Waals surface area (Å²) in [5.41, 5.74) is 3.37. The Morgan fingerprint density at radius 1 is 1.00 bits per heavy atom. The average Bonchev–Trinajstić information content (AvgIpc) is 3.42. The lowest BCUT2D eigenvalue weighted by atomic mass is 9.75. The molecule has 3 saturated heterocycles. The van der Waals surface area contributed by atoms with E-state index in [4.69, 9.17) is 0 Å². The first-order valence-electron chi connectivity index (χ1n) is 10.7. The molecule has 2 N–H and O–H groups in total. The third-order valence-corrected chi connectivity index (χ3v) is 7.66. The lowest BCUT2D eigenvalue weighted by Crippen LogP contribution is -3.19. The third kappa shape index (κ3) is 1.95. The number of fused-ring (bicyclic) bond motifs is 7. The van der Waals surface area contributed by atoms with Gasteiger partial charge in [-0.15, -0.1) is 0 Å². The Hall–Kier alpha value is -2.99. The minimum Gasteiger partial charge on any atom is -0.320 e. The van der Waals surface area contributed by atoms with Crippen LogP contribution < -0.4 is 15.1 Å². The molecule has 30 heavy (non-hydrogen) atoms. The van der Waals surface area contributed by atoms with Gasteiger partial charge in [0.1, 0.15) is 17.9 Å². The number of rotatable bonds is 1. The summed E-state index contributed by atoms with van der Waals surface area (Å²) in [6.45, 7) is 4.78. The van der Waals surface area contributed by atoms with Crippen LogP contribution in [0, 0.1) is 25.7 Å². The Kier molecular flexibility index (Phi) is 3.44. The molecule has 0 radical (unpaired) electrons. The molecule has 3 amide bonds. The number of nitrogens with zero attached hydrogens (tertiary/aromatic N) is 1. The zero-order chi connectivity index (χ0) is 20.8. The van der Waals surface area contributed by atoms with Crippen molar-refractivity contribution in [1.82, 2.24) is 0 Å². The Balaban J connectivity index is 1.56. The minimum atomic E-state index is -1.01. The highest BCUT2D eigenvalue weighted by Crippen LogP contribution is 2.52. The van der Waals surface area contributed by atoms with Crippen molar-refractivity contribution in [2.75, 3.05) is 16.8 Å². The van der Waals surface area contributed by atoms with Gasteiger partial charge in [-0.1, -0.05) is 29.3 Å². The smallest absolute Gasteiger partial charge is 0.291 e. The first kappa shape index (κ1) is 17.8. The fourth-order valence-electron chi connectivity index (χ4n) is 6.52. The van der Waals surface area contributed by atoms with Crippen LogP contribution in [0.15, 0.2) is 42.5 Å². The maximum atomic E-state index is 13.8. The average molecular weight is 402 g/mol. The molecular weight excluding hydrogens is 378 g/mol. The van der Waals surface area contributed by atoms with Crippen molar-refractivity contribution >= 4 is 29.1 Å². The lowest BCUT2D eigenvalue weighted by molar-refractivity contribution is -0.948. The highest BCUT2D eigenvalue weighted by atomic mass is 16.2. The van der Waals surface area contributed by atoms with E-state index in [2.05, 4.69) is 5.32 Å². The van der Waals surface area contributed by atoms with Gasteiger partial charge in [-0.05, 0) is 38.1 Å². The Bertz CT molecular complexity index is 1130. The molecule has 1 spiro atoms. The van der Waals surface area contributed by atoms with Gasteiger partial charge in [0.15, 0.2) is 0 Å². The van der Waals surface area contributed by atoms with Crippen LogP contribution in [0.25, 0.3) is 0 Å². The zero-order valence-electron chi connectivity index (χ0n) is 17.1. The Labute approximate surface area is 174 Å². The van der Waals surface area contributed by atoms with Crippen LogP contribution in [-0.2, 0) is 19.9 Å². The molecule has 5 atom stereocenters. The van der Waals surface area contributed by atoms with Crippen LogP contribution in [0.3, 0.4) is 0 Å². The van der Waals surface area contributed by atoms with E-state index in [1.54, 1.807) is 0 Å². The normalized spacial score (nSPS) is 33.8. The van der Waals surface area contributed by atoms with E-state index in [0.717, 1.165) is 46.7 Å². The number of amides is 3. The van der Waals surface area contributed by atoms with Gasteiger partial charge in [0.25, 0.3) is 5.91 Å². The van der Waals surface area contributed by atoms with Crippen molar-refractivity contribution in [1.29, 1.82) is 0 Å². The van der Waals surface area contributed by atoms with Gasteiger partial charge in [0.2, 0.25) is 17.4 Å². The second-order valence-electron chi connectivity index (χ2n) is 9.19. The van der Waals surface area contributed by atoms with Crippen molar-refractivity contribution in [3.8, 4) is 0 Å². The number of anilines is 2. The van der Waals surface area contributed by atoms with E-state index in [1.807, 2.05) is 56.3 Å². The largest absolute Gasteiger partial charge is 0.320 e. The molecule has 152 valence electrons. The van der Waals surface area contributed by atoms with E-state index in [0.29, 0.717) is 5.69 Å². The Morgan fingerprint density at radius 3 is 2.50 bits per heavy atom. The second-order valence-corrected chi connectivity index (χ2v) is 9.19. The van der Waals surface area contributed by atoms with Crippen LogP contribution in [0.4, 0.5) is 11.4 Å². The van der Waals surface area contributed by atoms with Crippen LogP contribution in [0.1, 0.15) is 29.5 Å². The maximum Gasteiger partial charge on any atom is 0.291 e. The molecule has 3 fully saturated rings. The molecule has 4 aliphatic heterocycles. The molecule has 0 aromatic heterocycles. The molecular formula is C24H24N3O3+. The number of imide groups is 1. The van der Waals surface area contributed by atoms with E-state index in [-0.39, 0.29) is 23.8 Å². The van der Waals surface area contributed by atoms with Crippen molar-refractivity contribution in [2.24, 2.45) is 11.8 Å². The first-order chi connectivity index (χ1) is 14.4. The van der Waals surface area contributed by atoms with Crippen molar-refractivity contribution < 1.29 is 19.3 Å². The fraction of sp³-hybridized carbons (Fsp3) is 0.375. The number of hydrogen-bond donors (Lipinski definition) is 2. The molecule has 6 heteroatoms. The van der Waals surface area contributed by atoms with Gasteiger partial charge in [0.05, 0.1) is 17.9 Å². The third-order valence-electron chi connectivity index (χ3n) is 7.66. The standard InChI is InChI=1S/C24H23N3O3/c1-13-5-8-15(9-6-13)27-21(28)19-18-4-3-11-26(18)24(20(19)22(27)29)16-12-14(2)7-10-17(16)25-23(24)30/h5-10,12,18-20H,3-4,11H2,1-2H3,(H,25,30)/p+1/t18-,19+,20-,24-/m1/s1. The fourth-order valence-corrected chi connectivity index (χ4v) is 6.52. The summed E-state index contributed by atoms with van der Waals surface area (Å²) in [7, 11) is 0. The zero-order valence-corrected chi connectivity index (χ0v) is 17.1. The van der Waals surface area contributed by atoms with Gasteiger partial charge >= 0.3 is 0 Å². The van der Waals surface area contributed by atoms with Crippen LogP contribution in [0.2, 0.25) is 0 Å². The molecule has 1 unspecified atom stereocenters. The topological polar surface area (TPSA) is 70.9 Å². The van der Waals surface area contributed by atoms with Crippen molar-refractivity contribution in [3.05, 3.63) is 59.2 Å². The van der Waals surface area contributed by atoms with E-state index >= 15 is 0 Å². The summed E-state index contributed by atoms with van der Waals surface area (Å²) < 4.78 is 0. The summed E-state index contributed by atoms with van der Waals surface area (Å²) in [5, 5.41) is 3.04. The predicted molar refractivity (Wildman–Crippen MR) is 111 cm³/mol. The SMILES string of the molecule is Cc1ccc(N2C(=O)[C@H]3[C@H]4CCC[NH+]4[C@@]4(C(=O)Nc5ccc(C)cc54)[C@H]3C2=O)cc1. The number of carbonyl (C=O) groups is 3. The quantitative estimate of drug-likeness (QED) is 0.707. The van der Waals surface area contributed by atoms with Gasteiger partial charge in [-0.2, -0.15) is 0 Å². The molecule has 2 aromatic rings. The van der Waals surface area contributed by atoms with Crippen LogP contribution in [-0.4, -0.2) is 30.3 Å². The van der Waals surface area contributed by atoms with Crippen LogP contribution in [0.5, 0.6) is 0 Å². The summed E-state index contributed by atoms with van der Waals surface area (Å²) in [6, 6.07) is 13.4. The molecule has 0 aliphatic carbocycles. The molecule has 0 bridgehead atoms. The predicted octanol–water partition coefficient (Wildman–Crippen LogP) is 1.32. The highest BCUT2D eigenvalue weighted by molar-refractivity contribution is 6.25. The summed E-state index contributed by atoms with van der Waals surface area (Å²) in [5.74, 6) is -1.63. The van der Waals surface area contributed by atoms with Gasteiger partial charge in [0, 0.05) is 18.4 Å². The molecule has 4 heterocycles. The molecule has 2 aromatic carbocycles. The number of carbonyl (C=O) groups excluding carboxylic acids is 3. The van der Waals surface area contributed by atoms with Crippen molar-refractivity contribution in [2.45, 2.75) is 38.3 Å². The van der Waals surface area contributed by atoms with E-state index < -0.39 is 17.4 Å². The van der Waals surface area contributed by atoms with E-state index in [1.165, 1.54) is 4.90 Å². The molecule has 0 saturated carbocycles. The van der Waals surface area contributed by atoms with E-state index in [9.17, 15) is 14.4 Å². The maximum absolute atomic E-state index is 13.8. The number of quaternary nitrogens is 1. The van der Waals surface area contributed by atoms with Gasteiger partial charge in [-0.25, -0.2) is 4.90 Å². The van der Waals surface area contributed by atoms with Crippen LogP contribution >= 0.6 is 0 Å². The second kappa shape index (κ2) is 5.79. The molecule has 6 nitrogen and oxygen atoms in total. The lowest BCUT2D eigenvalue weighted by Gasteiger charge is -2.33. The highest BCUT2D eigenvalue weighted by Gasteiger charge is 2.78. The van der Waals surface area contributed by atoms with Gasteiger partial charge in [-0.3, -0.25) is 14.4 Å². The monoisotopic (exact) mass is 402 g/mol. The minimum absolute atomic E-state index is 0.000824. The summed E-state index contributed by atoms with van der Waals surface area (Å²) in [4.78, 5) is 43.5.